The Morgan fingerprint density at radius 1 is 1.19 bits per heavy atom. The fourth-order valence-electron chi connectivity index (χ4n) is 3.07. The van der Waals surface area contributed by atoms with Crippen LogP contribution in [0.1, 0.15) is 39.0 Å². The Morgan fingerprint density at radius 3 is 2.38 bits per heavy atom. The summed E-state index contributed by atoms with van der Waals surface area (Å²) >= 11 is 0. The summed E-state index contributed by atoms with van der Waals surface area (Å²) in [7, 11) is -3.09. The van der Waals surface area contributed by atoms with Crippen LogP contribution in [-0.2, 0) is 14.8 Å². The van der Waals surface area contributed by atoms with E-state index < -0.39 is 10.0 Å². The molecule has 2 saturated heterocycles. The van der Waals surface area contributed by atoms with Crippen molar-refractivity contribution in [3.8, 4) is 0 Å². The van der Waals surface area contributed by atoms with E-state index in [0.29, 0.717) is 19.5 Å². The number of nitrogens with zero attached hydrogens (tertiary/aromatic N) is 1. The molecule has 2 heterocycles. The van der Waals surface area contributed by atoms with Crippen LogP contribution in [0.15, 0.2) is 0 Å². The summed E-state index contributed by atoms with van der Waals surface area (Å²) in [5.41, 5.74) is 0. The molecule has 7 heteroatoms. The van der Waals surface area contributed by atoms with Crippen molar-refractivity contribution < 1.29 is 13.2 Å². The second-order valence-corrected chi connectivity index (χ2v) is 8.11. The lowest BCUT2D eigenvalue weighted by Crippen LogP contribution is -2.49. The van der Waals surface area contributed by atoms with Crippen molar-refractivity contribution in [3.05, 3.63) is 0 Å². The monoisotopic (exact) mass is 317 g/mol. The van der Waals surface area contributed by atoms with Gasteiger partial charge in [-0.1, -0.05) is 6.92 Å². The van der Waals surface area contributed by atoms with Crippen LogP contribution in [0.25, 0.3) is 0 Å². The maximum Gasteiger partial charge on any atom is 0.223 e. The van der Waals surface area contributed by atoms with Gasteiger partial charge in [-0.25, -0.2) is 12.7 Å². The molecule has 0 bridgehead atoms. The normalized spacial score (nSPS) is 23.1. The van der Waals surface area contributed by atoms with Crippen LogP contribution in [0.4, 0.5) is 0 Å². The average molecular weight is 317 g/mol. The van der Waals surface area contributed by atoms with Gasteiger partial charge in [0, 0.05) is 25.0 Å². The number of piperidine rings is 2. The van der Waals surface area contributed by atoms with Crippen molar-refractivity contribution in [2.75, 3.05) is 31.9 Å². The van der Waals surface area contributed by atoms with E-state index in [2.05, 4.69) is 10.6 Å². The molecule has 122 valence electrons. The van der Waals surface area contributed by atoms with Crippen LogP contribution < -0.4 is 10.6 Å². The Labute approximate surface area is 127 Å². The molecule has 6 nitrogen and oxygen atoms in total. The first-order chi connectivity index (χ1) is 10.0. The molecule has 0 aromatic carbocycles. The first-order valence-corrected chi connectivity index (χ1v) is 9.62. The third-order valence-corrected chi connectivity index (χ3v) is 6.44. The summed E-state index contributed by atoms with van der Waals surface area (Å²) in [5.74, 6) is 0.485. The number of rotatable bonds is 5. The lowest BCUT2D eigenvalue weighted by molar-refractivity contribution is -0.126. The van der Waals surface area contributed by atoms with Gasteiger partial charge in [0.15, 0.2) is 0 Å². The molecule has 0 aromatic heterocycles. The number of amides is 1. The number of hydrogen-bond donors (Lipinski definition) is 2. The van der Waals surface area contributed by atoms with E-state index in [9.17, 15) is 13.2 Å². The summed E-state index contributed by atoms with van der Waals surface area (Å²) in [6.07, 6.45) is 3.89. The second-order valence-electron chi connectivity index (χ2n) is 6.02. The van der Waals surface area contributed by atoms with Gasteiger partial charge in [-0.05, 0) is 45.2 Å². The van der Waals surface area contributed by atoms with Gasteiger partial charge < -0.3 is 10.6 Å². The highest BCUT2D eigenvalue weighted by Gasteiger charge is 2.29. The molecule has 0 radical (unpaired) electrons. The predicted molar refractivity (Wildman–Crippen MR) is 82.4 cm³/mol. The molecule has 2 fully saturated rings. The van der Waals surface area contributed by atoms with Gasteiger partial charge in [-0.15, -0.1) is 0 Å². The van der Waals surface area contributed by atoms with E-state index in [4.69, 9.17) is 0 Å². The third kappa shape index (κ3) is 4.66. The zero-order chi connectivity index (χ0) is 15.3. The fourth-order valence-corrected chi connectivity index (χ4v) is 4.61. The van der Waals surface area contributed by atoms with E-state index in [-0.39, 0.29) is 23.6 Å². The zero-order valence-corrected chi connectivity index (χ0v) is 13.6. The Bertz CT molecular complexity index is 438. The molecule has 2 N–H and O–H groups in total. The number of carbonyl (C=O) groups is 1. The van der Waals surface area contributed by atoms with Gasteiger partial charge in [-0.2, -0.15) is 0 Å². The molecule has 1 amide bonds. The highest BCUT2D eigenvalue weighted by atomic mass is 32.2. The van der Waals surface area contributed by atoms with Gasteiger partial charge in [0.05, 0.1) is 5.75 Å². The largest absolute Gasteiger partial charge is 0.353 e. The van der Waals surface area contributed by atoms with Crippen molar-refractivity contribution in [2.24, 2.45) is 5.92 Å². The van der Waals surface area contributed by atoms with Crippen LogP contribution >= 0.6 is 0 Å². The highest BCUT2D eigenvalue weighted by molar-refractivity contribution is 7.89. The van der Waals surface area contributed by atoms with Crippen molar-refractivity contribution in [2.45, 2.75) is 45.1 Å². The first-order valence-electron chi connectivity index (χ1n) is 8.02. The standard InChI is InChI=1S/C14H27N3O3S/c1-2-11-21(19,20)17-9-5-13(6-10-17)16-14(18)12-3-7-15-8-4-12/h12-13,15H,2-11H2,1H3,(H,16,18). The summed E-state index contributed by atoms with van der Waals surface area (Å²) in [5, 5.41) is 6.36. The molecule has 0 aliphatic carbocycles. The first kappa shape index (κ1) is 16.7. The van der Waals surface area contributed by atoms with E-state index in [1.807, 2.05) is 6.92 Å². The van der Waals surface area contributed by atoms with E-state index in [1.54, 1.807) is 4.31 Å². The molecule has 0 unspecified atom stereocenters. The Morgan fingerprint density at radius 2 is 1.81 bits per heavy atom. The van der Waals surface area contributed by atoms with Gasteiger partial charge in [-0.3, -0.25) is 4.79 Å². The summed E-state index contributed by atoms with van der Waals surface area (Å²) in [6, 6.07) is 0.125. The fraction of sp³-hybridized carbons (Fsp3) is 0.929. The van der Waals surface area contributed by atoms with Crippen LogP contribution in [-0.4, -0.2) is 56.6 Å². The maximum absolute atomic E-state index is 12.2. The van der Waals surface area contributed by atoms with Crippen LogP contribution in [0.2, 0.25) is 0 Å². The molecule has 21 heavy (non-hydrogen) atoms. The molecule has 0 aromatic rings. The quantitative estimate of drug-likeness (QED) is 0.765. The van der Waals surface area contributed by atoms with Crippen molar-refractivity contribution in [1.29, 1.82) is 0 Å². The highest BCUT2D eigenvalue weighted by Crippen LogP contribution is 2.17. The summed E-state index contributed by atoms with van der Waals surface area (Å²) < 4.78 is 25.6. The smallest absolute Gasteiger partial charge is 0.223 e. The second kappa shape index (κ2) is 7.56. The van der Waals surface area contributed by atoms with Crippen molar-refractivity contribution in [3.63, 3.8) is 0 Å². The predicted octanol–water partition coefficient (Wildman–Crippen LogP) is 0.306. The number of carbonyl (C=O) groups excluding carboxylic acids is 1. The molecule has 2 rings (SSSR count). The minimum Gasteiger partial charge on any atom is -0.353 e. The third-order valence-electron chi connectivity index (χ3n) is 4.37. The molecule has 2 aliphatic heterocycles. The number of sulfonamides is 1. The molecular formula is C14H27N3O3S. The molecule has 2 aliphatic rings. The van der Waals surface area contributed by atoms with Gasteiger partial charge in [0.1, 0.15) is 0 Å². The number of nitrogens with one attached hydrogen (secondary N) is 2. The molecule has 0 atom stereocenters. The molecule has 0 spiro atoms. The lowest BCUT2D eigenvalue weighted by Gasteiger charge is -2.32. The zero-order valence-electron chi connectivity index (χ0n) is 12.8. The van der Waals surface area contributed by atoms with Crippen molar-refractivity contribution >= 4 is 15.9 Å². The summed E-state index contributed by atoms with van der Waals surface area (Å²) in [6.45, 7) is 4.75. The van der Waals surface area contributed by atoms with Crippen LogP contribution in [0, 0.1) is 5.92 Å². The van der Waals surface area contributed by atoms with E-state index >= 15 is 0 Å². The number of hydrogen-bond acceptors (Lipinski definition) is 4. The van der Waals surface area contributed by atoms with Gasteiger partial charge >= 0.3 is 0 Å². The molecular weight excluding hydrogens is 290 g/mol. The Hall–Kier alpha value is -0.660. The molecule has 0 saturated carbocycles. The lowest BCUT2D eigenvalue weighted by atomic mass is 9.96. The SMILES string of the molecule is CCCS(=O)(=O)N1CCC(NC(=O)C2CCNCC2)CC1. The topological polar surface area (TPSA) is 78.5 Å². The van der Waals surface area contributed by atoms with Gasteiger partial charge in [0.2, 0.25) is 15.9 Å². The van der Waals surface area contributed by atoms with E-state index in [0.717, 1.165) is 38.8 Å². The van der Waals surface area contributed by atoms with Gasteiger partial charge in [0.25, 0.3) is 0 Å². The maximum atomic E-state index is 12.2. The van der Waals surface area contributed by atoms with Crippen molar-refractivity contribution in [1.82, 2.24) is 14.9 Å². The Kier molecular flexibility index (Phi) is 6.01. The van der Waals surface area contributed by atoms with Crippen LogP contribution in [0.3, 0.4) is 0 Å². The van der Waals surface area contributed by atoms with E-state index in [1.165, 1.54) is 0 Å². The average Bonchev–Trinajstić information content (AvgIpc) is 2.48. The summed E-state index contributed by atoms with van der Waals surface area (Å²) in [4.78, 5) is 12.2. The Balaban J connectivity index is 1.77. The van der Waals surface area contributed by atoms with Crippen LogP contribution in [0.5, 0.6) is 0 Å². The minimum absolute atomic E-state index is 0.119. The minimum atomic E-state index is -3.09.